The molecular weight excluding hydrogens is 306 g/mol. The molecule has 118 valence electrons. The summed E-state index contributed by atoms with van der Waals surface area (Å²) in [7, 11) is 0. The van der Waals surface area contributed by atoms with E-state index in [1.807, 2.05) is 0 Å². The highest BCUT2D eigenvalue weighted by molar-refractivity contribution is 5.65. The lowest BCUT2D eigenvalue weighted by Crippen LogP contribution is -2.11. The standard InChI is InChI=1S/C16H12F6/c17-15(18,19)9-11-3-1-5-13(7-11)14-6-2-4-12(8-14)10-16(20,21)22/h1-8H,9-10H2. The number of halogens is 6. The molecule has 0 aromatic heterocycles. The minimum Gasteiger partial charge on any atom is -0.171 e. The van der Waals surface area contributed by atoms with E-state index in [4.69, 9.17) is 0 Å². The van der Waals surface area contributed by atoms with Crippen LogP contribution < -0.4 is 0 Å². The van der Waals surface area contributed by atoms with Crippen LogP contribution in [0.15, 0.2) is 48.5 Å². The molecule has 0 amide bonds. The van der Waals surface area contributed by atoms with E-state index in [2.05, 4.69) is 0 Å². The van der Waals surface area contributed by atoms with Gasteiger partial charge in [0, 0.05) is 0 Å². The molecule has 0 aliphatic rings. The average Bonchev–Trinajstić information content (AvgIpc) is 2.35. The number of hydrogen-bond donors (Lipinski definition) is 0. The molecule has 0 saturated carbocycles. The Bertz CT molecular complexity index is 582. The van der Waals surface area contributed by atoms with E-state index in [1.165, 1.54) is 36.4 Å². The van der Waals surface area contributed by atoms with E-state index in [9.17, 15) is 26.3 Å². The van der Waals surface area contributed by atoms with Crippen LogP contribution in [0.4, 0.5) is 26.3 Å². The zero-order valence-electron chi connectivity index (χ0n) is 11.3. The van der Waals surface area contributed by atoms with Crippen molar-refractivity contribution in [1.29, 1.82) is 0 Å². The van der Waals surface area contributed by atoms with Crippen molar-refractivity contribution in [3.63, 3.8) is 0 Å². The second-order valence-corrected chi connectivity index (χ2v) is 4.98. The van der Waals surface area contributed by atoms with Crippen molar-refractivity contribution >= 4 is 0 Å². The highest BCUT2D eigenvalue weighted by Crippen LogP contribution is 2.28. The molecule has 0 fully saturated rings. The van der Waals surface area contributed by atoms with Crippen molar-refractivity contribution in [2.24, 2.45) is 0 Å². The maximum absolute atomic E-state index is 12.4. The van der Waals surface area contributed by atoms with E-state index < -0.39 is 25.2 Å². The molecule has 0 radical (unpaired) electrons. The third-order valence-electron chi connectivity index (χ3n) is 3.00. The van der Waals surface area contributed by atoms with Crippen LogP contribution in [-0.2, 0) is 12.8 Å². The molecule has 0 unspecified atom stereocenters. The first-order valence-electron chi connectivity index (χ1n) is 6.44. The highest BCUT2D eigenvalue weighted by atomic mass is 19.4. The van der Waals surface area contributed by atoms with Crippen LogP contribution >= 0.6 is 0 Å². The van der Waals surface area contributed by atoms with E-state index in [0.29, 0.717) is 11.1 Å². The Kier molecular flexibility index (Phi) is 4.49. The predicted molar refractivity (Wildman–Crippen MR) is 71.4 cm³/mol. The summed E-state index contributed by atoms with van der Waals surface area (Å²) in [6, 6.07) is 11.5. The molecule has 6 heteroatoms. The molecule has 0 spiro atoms. The van der Waals surface area contributed by atoms with Gasteiger partial charge in [-0.1, -0.05) is 48.5 Å². The summed E-state index contributed by atoms with van der Waals surface area (Å²) < 4.78 is 74.4. The molecule has 2 aromatic rings. The van der Waals surface area contributed by atoms with Crippen LogP contribution in [0.1, 0.15) is 11.1 Å². The largest absolute Gasteiger partial charge is 0.393 e. The molecule has 0 atom stereocenters. The van der Waals surface area contributed by atoms with Crippen LogP contribution in [0.2, 0.25) is 0 Å². The molecule has 0 nitrogen and oxygen atoms in total. The number of hydrogen-bond acceptors (Lipinski definition) is 0. The molecule has 0 saturated heterocycles. The van der Waals surface area contributed by atoms with Gasteiger partial charge >= 0.3 is 12.4 Å². The van der Waals surface area contributed by atoms with Gasteiger partial charge in [-0.15, -0.1) is 0 Å². The normalized spacial score (nSPS) is 12.5. The second-order valence-electron chi connectivity index (χ2n) is 4.98. The van der Waals surface area contributed by atoms with E-state index in [1.54, 1.807) is 12.1 Å². The first-order valence-corrected chi connectivity index (χ1v) is 6.44. The molecule has 0 aliphatic heterocycles. The lowest BCUT2D eigenvalue weighted by Gasteiger charge is -2.10. The summed E-state index contributed by atoms with van der Waals surface area (Å²) in [5, 5.41) is 0. The Morgan fingerprint density at radius 3 is 1.27 bits per heavy atom. The Morgan fingerprint density at radius 2 is 0.955 bits per heavy atom. The molecule has 0 heterocycles. The van der Waals surface area contributed by atoms with Gasteiger partial charge < -0.3 is 0 Å². The third kappa shape index (κ3) is 5.09. The van der Waals surface area contributed by atoms with E-state index in [0.717, 1.165) is 0 Å². The van der Waals surface area contributed by atoms with Crippen molar-refractivity contribution in [3.8, 4) is 11.1 Å². The Morgan fingerprint density at radius 1 is 0.591 bits per heavy atom. The fourth-order valence-corrected chi connectivity index (χ4v) is 2.18. The summed E-state index contributed by atoms with van der Waals surface area (Å²) in [5.41, 5.74) is 1.08. The summed E-state index contributed by atoms with van der Waals surface area (Å²) in [6.45, 7) is 0. The van der Waals surface area contributed by atoms with Gasteiger partial charge in [0.2, 0.25) is 0 Å². The van der Waals surface area contributed by atoms with Gasteiger partial charge in [-0.3, -0.25) is 0 Å². The van der Waals surface area contributed by atoms with Gasteiger partial charge in [0.15, 0.2) is 0 Å². The summed E-state index contributed by atoms with van der Waals surface area (Å²) >= 11 is 0. The SMILES string of the molecule is FC(F)(F)Cc1cccc(-c2cccc(CC(F)(F)F)c2)c1. The first-order chi connectivity index (χ1) is 10.1. The van der Waals surface area contributed by atoms with E-state index in [-0.39, 0.29) is 11.1 Å². The zero-order valence-corrected chi connectivity index (χ0v) is 11.3. The molecular formula is C16H12F6. The molecule has 2 rings (SSSR count). The van der Waals surface area contributed by atoms with Crippen molar-refractivity contribution in [2.75, 3.05) is 0 Å². The predicted octanol–water partition coefficient (Wildman–Crippen LogP) is 5.56. The van der Waals surface area contributed by atoms with Crippen LogP contribution in [0.3, 0.4) is 0 Å². The smallest absolute Gasteiger partial charge is 0.171 e. The fourth-order valence-electron chi connectivity index (χ4n) is 2.18. The van der Waals surface area contributed by atoms with Crippen LogP contribution in [-0.4, -0.2) is 12.4 Å². The number of rotatable bonds is 3. The van der Waals surface area contributed by atoms with Crippen molar-refractivity contribution in [1.82, 2.24) is 0 Å². The molecule has 22 heavy (non-hydrogen) atoms. The van der Waals surface area contributed by atoms with Crippen LogP contribution in [0, 0.1) is 0 Å². The summed E-state index contributed by atoms with van der Waals surface area (Å²) in [4.78, 5) is 0. The summed E-state index contributed by atoms with van der Waals surface area (Å²) in [5.74, 6) is 0. The first kappa shape index (κ1) is 16.4. The lowest BCUT2D eigenvalue weighted by molar-refractivity contribution is -0.128. The number of benzene rings is 2. The third-order valence-corrected chi connectivity index (χ3v) is 3.00. The average molecular weight is 318 g/mol. The van der Waals surface area contributed by atoms with Crippen molar-refractivity contribution < 1.29 is 26.3 Å². The van der Waals surface area contributed by atoms with Crippen LogP contribution in [0.5, 0.6) is 0 Å². The monoisotopic (exact) mass is 318 g/mol. The zero-order chi connectivity index (χ0) is 16.4. The van der Waals surface area contributed by atoms with E-state index >= 15 is 0 Å². The number of alkyl halides is 6. The van der Waals surface area contributed by atoms with Gasteiger partial charge in [-0.25, -0.2) is 0 Å². The minimum atomic E-state index is -4.32. The van der Waals surface area contributed by atoms with Gasteiger partial charge in [0.25, 0.3) is 0 Å². The Balaban J connectivity index is 2.28. The van der Waals surface area contributed by atoms with Gasteiger partial charge in [-0.2, -0.15) is 26.3 Å². The maximum Gasteiger partial charge on any atom is 0.393 e. The van der Waals surface area contributed by atoms with Gasteiger partial charge in [0.05, 0.1) is 12.8 Å². The Labute approximate surface area is 123 Å². The maximum atomic E-state index is 12.4. The highest BCUT2D eigenvalue weighted by Gasteiger charge is 2.28. The summed E-state index contributed by atoms with van der Waals surface area (Å²) in [6.07, 6.45) is -10.8. The lowest BCUT2D eigenvalue weighted by atomic mass is 9.99. The van der Waals surface area contributed by atoms with Gasteiger partial charge in [0.1, 0.15) is 0 Å². The quantitative estimate of drug-likeness (QED) is 0.650. The van der Waals surface area contributed by atoms with Crippen molar-refractivity contribution in [2.45, 2.75) is 25.2 Å². The fraction of sp³-hybridized carbons (Fsp3) is 0.250. The minimum absolute atomic E-state index is 0.0752. The molecule has 0 N–H and O–H groups in total. The molecule has 0 bridgehead atoms. The van der Waals surface area contributed by atoms with Crippen molar-refractivity contribution in [3.05, 3.63) is 59.7 Å². The topological polar surface area (TPSA) is 0 Å². The Hall–Kier alpha value is -1.98. The molecule has 0 aliphatic carbocycles. The van der Waals surface area contributed by atoms with Gasteiger partial charge in [-0.05, 0) is 22.3 Å². The molecule has 2 aromatic carbocycles. The second kappa shape index (κ2) is 6.02. The van der Waals surface area contributed by atoms with Crippen LogP contribution in [0.25, 0.3) is 11.1 Å².